The van der Waals surface area contributed by atoms with Gasteiger partial charge in [-0.15, -0.1) is 0 Å². The number of hydrogen-bond acceptors (Lipinski definition) is 6. The van der Waals surface area contributed by atoms with Gasteiger partial charge in [-0.05, 0) is 24.1 Å². The van der Waals surface area contributed by atoms with Gasteiger partial charge >= 0.3 is 0 Å². The Balaban J connectivity index is 1.91. The van der Waals surface area contributed by atoms with Gasteiger partial charge in [0.05, 0.1) is 12.5 Å². The number of phenolic OH excluding ortho intramolecular Hbond substituents is 4. The van der Waals surface area contributed by atoms with Crippen molar-refractivity contribution >= 4 is 5.78 Å². The maximum atomic E-state index is 12.5. The zero-order chi connectivity index (χ0) is 15.9. The van der Waals surface area contributed by atoms with Gasteiger partial charge in [-0.3, -0.25) is 4.79 Å². The predicted octanol–water partition coefficient (Wildman–Crippen LogP) is 1.94. The summed E-state index contributed by atoms with van der Waals surface area (Å²) >= 11 is 0. The van der Waals surface area contributed by atoms with Crippen molar-refractivity contribution in [2.75, 3.05) is 6.61 Å². The van der Waals surface area contributed by atoms with Crippen molar-refractivity contribution in [2.45, 2.75) is 6.42 Å². The highest BCUT2D eigenvalue weighted by Crippen LogP contribution is 2.45. The molecule has 0 saturated carbocycles. The minimum absolute atomic E-state index is 0.0553. The summed E-state index contributed by atoms with van der Waals surface area (Å²) in [6.45, 7) is 0.108. The topological polar surface area (TPSA) is 107 Å². The van der Waals surface area contributed by atoms with E-state index in [2.05, 4.69) is 0 Å². The highest BCUT2D eigenvalue weighted by atomic mass is 16.5. The van der Waals surface area contributed by atoms with E-state index in [4.69, 9.17) is 4.74 Å². The van der Waals surface area contributed by atoms with Gasteiger partial charge in [-0.1, -0.05) is 12.1 Å². The van der Waals surface area contributed by atoms with Crippen LogP contribution in [0.4, 0.5) is 0 Å². The molecule has 0 aliphatic carbocycles. The molecule has 0 spiro atoms. The third-order valence-electron chi connectivity index (χ3n) is 3.69. The van der Waals surface area contributed by atoms with Gasteiger partial charge in [0.25, 0.3) is 0 Å². The molecule has 1 aliphatic rings. The fraction of sp³-hybridized carbons (Fsp3) is 0.188. The van der Waals surface area contributed by atoms with Crippen molar-refractivity contribution in [3.05, 3.63) is 41.5 Å². The van der Waals surface area contributed by atoms with Crippen LogP contribution in [-0.2, 0) is 6.42 Å². The molecule has 0 bridgehead atoms. The van der Waals surface area contributed by atoms with E-state index in [1.165, 1.54) is 12.1 Å². The molecule has 3 rings (SSSR count). The average Bonchev–Trinajstić information content (AvgIpc) is 2.50. The molecule has 2 aromatic rings. The highest BCUT2D eigenvalue weighted by Gasteiger charge is 2.34. The first-order valence-corrected chi connectivity index (χ1v) is 6.70. The monoisotopic (exact) mass is 302 g/mol. The average molecular weight is 302 g/mol. The second kappa shape index (κ2) is 5.14. The van der Waals surface area contributed by atoms with Gasteiger partial charge in [0.2, 0.25) is 5.75 Å². The molecule has 114 valence electrons. The fourth-order valence-corrected chi connectivity index (χ4v) is 2.51. The second-order valence-electron chi connectivity index (χ2n) is 5.21. The SMILES string of the molecule is O=C1c2c(cc(O)c(O)c2O)OCC1Cc1ccc(O)cc1. The van der Waals surface area contributed by atoms with Gasteiger partial charge in [-0.2, -0.15) is 0 Å². The molecule has 6 nitrogen and oxygen atoms in total. The molecular formula is C16H14O6. The number of fused-ring (bicyclic) bond motifs is 1. The number of carbonyl (C=O) groups is 1. The summed E-state index contributed by atoms with van der Waals surface area (Å²) in [6, 6.07) is 7.56. The lowest BCUT2D eigenvalue weighted by Crippen LogP contribution is -2.29. The van der Waals surface area contributed by atoms with Crippen LogP contribution in [0.15, 0.2) is 30.3 Å². The Morgan fingerprint density at radius 2 is 1.73 bits per heavy atom. The van der Waals surface area contributed by atoms with Gasteiger partial charge in [0.1, 0.15) is 17.1 Å². The van der Waals surface area contributed by atoms with E-state index < -0.39 is 23.2 Å². The van der Waals surface area contributed by atoms with Crippen LogP contribution in [0, 0.1) is 5.92 Å². The van der Waals surface area contributed by atoms with E-state index in [0.717, 1.165) is 11.6 Å². The Morgan fingerprint density at radius 1 is 1.05 bits per heavy atom. The van der Waals surface area contributed by atoms with Crippen LogP contribution in [0.2, 0.25) is 0 Å². The molecule has 4 N–H and O–H groups in total. The first-order chi connectivity index (χ1) is 10.5. The summed E-state index contributed by atoms with van der Waals surface area (Å²) in [5.74, 6) is -2.63. The van der Waals surface area contributed by atoms with Crippen molar-refractivity contribution in [2.24, 2.45) is 5.92 Å². The van der Waals surface area contributed by atoms with Crippen molar-refractivity contribution < 1.29 is 30.0 Å². The molecule has 1 unspecified atom stereocenters. The largest absolute Gasteiger partial charge is 0.508 e. The third kappa shape index (κ3) is 2.28. The van der Waals surface area contributed by atoms with E-state index in [0.29, 0.717) is 6.42 Å². The number of aromatic hydroxyl groups is 4. The standard InChI is InChI=1S/C16H14O6/c17-10-3-1-8(2-4-10)5-9-7-22-12-6-11(18)15(20)16(21)13(12)14(9)19/h1-4,6,9,17-18,20-21H,5,7H2. The lowest BCUT2D eigenvalue weighted by Gasteiger charge is -2.25. The number of hydrogen-bond donors (Lipinski definition) is 4. The molecule has 22 heavy (non-hydrogen) atoms. The molecule has 0 radical (unpaired) electrons. The molecule has 6 heteroatoms. The van der Waals surface area contributed by atoms with E-state index in [1.54, 1.807) is 12.1 Å². The summed E-state index contributed by atoms with van der Waals surface area (Å²) in [7, 11) is 0. The maximum Gasteiger partial charge on any atom is 0.201 e. The van der Waals surface area contributed by atoms with Crippen molar-refractivity contribution in [1.82, 2.24) is 0 Å². The van der Waals surface area contributed by atoms with Crippen molar-refractivity contribution in [3.8, 4) is 28.7 Å². The molecule has 2 aromatic carbocycles. The Labute approximate surface area is 125 Å². The van der Waals surface area contributed by atoms with E-state index in [9.17, 15) is 25.2 Å². The minimum Gasteiger partial charge on any atom is -0.508 e. The number of carbonyl (C=O) groups excluding carboxylic acids is 1. The Hall–Kier alpha value is -2.89. The summed E-state index contributed by atoms with van der Waals surface area (Å²) < 4.78 is 5.42. The number of phenols is 4. The molecule has 0 saturated heterocycles. The Morgan fingerprint density at radius 3 is 2.41 bits per heavy atom. The minimum atomic E-state index is -0.735. The van der Waals surface area contributed by atoms with Gasteiger partial charge in [0.15, 0.2) is 17.3 Å². The molecule has 0 aromatic heterocycles. The van der Waals surface area contributed by atoms with Gasteiger partial charge in [0, 0.05) is 6.07 Å². The number of ketones is 1. The third-order valence-corrected chi connectivity index (χ3v) is 3.69. The van der Waals surface area contributed by atoms with Crippen LogP contribution in [0.1, 0.15) is 15.9 Å². The predicted molar refractivity (Wildman–Crippen MR) is 76.6 cm³/mol. The van der Waals surface area contributed by atoms with Gasteiger partial charge < -0.3 is 25.2 Å². The molecular weight excluding hydrogens is 288 g/mol. The van der Waals surface area contributed by atoms with Crippen LogP contribution < -0.4 is 4.74 Å². The van der Waals surface area contributed by atoms with Crippen LogP contribution in [0.25, 0.3) is 0 Å². The number of benzene rings is 2. The van der Waals surface area contributed by atoms with Crippen LogP contribution in [-0.4, -0.2) is 32.8 Å². The summed E-state index contributed by atoms with van der Waals surface area (Å²) in [6.07, 6.45) is 0.375. The smallest absolute Gasteiger partial charge is 0.201 e. The first kappa shape index (κ1) is 14.1. The lowest BCUT2D eigenvalue weighted by molar-refractivity contribution is 0.0824. The maximum absolute atomic E-state index is 12.5. The Bertz CT molecular complexity index is 735. The highest BCUT2D eigenvalue weighted by molar-refractivity contribution is 6.05. The van der Waals surface area contributed by atoms with Gasteiger partial charge in [-0.25, -0.2) is 0 Å². The van der Waals surface area contributed by atoms with Crippen LogP contribution >= 0.6 is 0 Å². The summed E-state index contributed by atoms with van der Waals surface area (Å²) in [4.78, 5) is 12.5. The zero-order valence-electron chi connectivity index (χ0n) is 11.5. The van der Waals surface area contributed by atoms with E-state index in [1.807, 2.05) is 0 Å². The van der Waals surface area contributed by atoms with E-state index in [-0.39, 0.29) is 29.5 Å². The van der Waals surface area contributed by atoms with Crippen LogP contribution in [0.5, 0.6) is 28.7 Å². The Kier molecular flexibility index (Phi) is 3.29. The number of Topliss-reactive ketones (excluding diaryl/α,β-unsaturated/α-hetero) is 1. The summed E-state index contributed by atoms with van der Waals surface area (Å²) in [5, 5.41) is 38.1. The molecule has 0 fully saturated rings. The second-order valence-corrected chi connectivity index (χ2v) is 5.21. The fourth-order valence-electron chi connectivity index (χ4n) is 2.51. The van der Waals surface area contributed by atoms with E-state index >= 15 is 0 Å². The first-order valence-electron chi connectivity index (χ1n) is 6.70. The van der Waals surface area contributed by atoms with Crippen molar-refractivity contribution in [1.29, 1.82) is 0 Å². The summed E-state index contributed by atoms with van der Waals surface area (Å²) in [5.41, 5.74) is 0.719. The number of ether oxygens (including phenoxy) is 1. The molecule has 1 aliphatic heterocycles. The van der Waals surface area contributed by atoms with Crippen molar-refractivity contribution in [3.63, 3.8) is 0 Å². The molecule has 1 heterocycles. The quantitative estimate of drug-likeness (QED) is 0.632. The van der Waals surface area contributed by atoms with Crippen LogP contribution in [0.3, 0.4) is 0 Å². The molecule has 0 amide bonds. The lowest BCUT2D eigenvalue weighted by atomic mass is 9.89. The number of rotatable bonds is 2. The zero-order valence-corrected chi connectivity index (χ0v) is 11.5. The normalized spacial score (nSPS) is 16.9. The molecule has 1 atom stereocenters.